The lowest BCUT2D eigenvalue weighted by atomic mass is 9.40. The zero-order valence-electron chi connectivity index (χ0n) is 26.2. The van der Waals surface area contributed by atoms with E-state index in [1.165, 1.54) is 0 Å². The summed E-state index contributed by atoms with van der Waals surface area (Å²) in [4.78, 5) is 38.7. The maximum absolute atomic E-state index is 13.5. The summed E-state index contributed by atoms with van der Waals surface area (Å²) in [6.45, 7) is 22.5. The Bertz CT molecular complexity index is 1130. The smallest absolute Gasteiger partial charge is 0.309 e. The summed E-state index contributed by atoms with van der Waals surface area (Å²) in [7, 11) is 0. The fourth-order valence-corrected chi connectivity index (χ4v) is 7.94. The average Bonchev–Trinajstić information content (AvgIpc) is 3.60. The second kappa shape index (κ2) is 9.54. The number of Topliss-reactive ketones (excluding diaryl/α,β-unsaturated/α-hetero) is 1. The highest BCUT2D eigenvalue weighted by Crippen LogP contribution is 2.73. The van der Waals surface area contributed by atoms with E-state index in [1.807, 2.05) is 20.8 Å². The Labute approximate surface area is 235 Å². The number of fused-ring (bicyclic) bond motifs is 3. The Kier molecular flexibility index (Phi) is 7.71. The molecule has 0 aromatic rings. The fraction of sp³-hybridized carbons (Fsp3) is 0.818. The number of carboxylic acid groups (broad SMARTS) is 1. The van der Waals surface area contributed by atoms with E-state index >= 15 is 0 Å². The second-order valence-corrected chi connectivity index (χ2v) is 15.5. The summed E-state index contributed by atoms with van der Waals surface area (Å²) in [5.41, 5.74) is -3.50. The van der Waals surface area contributed by atoms with Gasteiger partial charge in [0.1, 0.15) is 12.2 Å². The molecule has 2 aliphatic carbocycles. The second-order valence-electron chi connectivity index (χ2n) is 15.5. The first-order valence-electron chi connectivity index (χ1n) is 14.7. The van der Waals surface area contributed by atoms with E-state index in [1.54, 1.807) is 13.0 Å². The van der Waals surface area contributed by atoms with Crippen LogP contribution in [0.1, 0.15) is 121 Å². The van der Waals surface area contributed by atoms with Crippen LogP contribution in [0.5, 0.6) is 0 Å². The molecule has 0 bridgehead atoms. The number of ether oxygens (including phenoxy) is 1. The Morgan fingerprint density at radius 3 is 2.13 bits per heavy atom. The van der Waals surface area contributed by atoms with Gasteiger partial charge in [-0.1, -0.05) is 74.3 Å². The molecule has 3 rings (SSSR count). The Balaban J connectivity index is 2.03. The molecule has 3 fully saturated rings. The maximum Gasteiger partial charge on any atom is 0.309 e. The third kappa shape index (κ3) is 4.71. The molecule has 0 aromatic heterocycles. The largest absolute Gasteiger partial charge is 0.481 e. The molecule has 0 aromatic carbocycles. The number of allylic oxidation sites excluding steroid dienone is 1. The molecule has 0 amide bonds. The van der Waals surface area contributed by atoms with Gasteiger partial charge in [0.25, 0.3) is 0 Å². The van der Waals surface area contributed by atoms with Crippen molar-refractivity contribution in [2.24, 2.45) is 38.4 Å². The van der Waals surface area contributed by atoms with Crippen LogP contribution in [0, 0.1) is 49.7 Å². The van der Waals surface area contributed by atoms with Crippen LogP contribution in [0.3, 0.4) is 0 Å². The van der Waals surface area contributed by atoms with E-state index in [2.05, 4.69) is 54.5 Å². The van der Waals surface area contributed by atoms with E-state index in [0.717, 1.165) is 31.3 Å². The number of nitriles is 1. The van der Waals surface area contributed by atoms with Gasteiger partial charge in [-0.3, -0.25) is 14.4 Å². The van der Waals surface area contributed by atoms with Gasteiger partial charge in [-0.25, -0.2) is 0 Å². The third-order valence-electron chi connectivity index (χ3n) is 11.9. The van der Waals surface area contributed by atoms with Gasteiger partial charge < -0.3 is 9.84 Å². The molecule has 1 aliphatic heterocycles. The number of nitrogens with zero attached hydrogens (tertiary/aromatic N) is 1. The molecule has 3 aliphatic rings. The predicted octanol–water partition coefficient (Wildman–Crippen LogP) is 7.31. The molecular weight excluding hydrogens is 490 g/mol. The van der Waals surface area contributed by atoms with Gasteiger partial charge in [-0.2, -0.15) is 5.26 Å². The molecule has 6 atom stereocenters. The summed E-state index contributed by atoms with van der Waals surface area (Å²) in [6, 6.07) is 2.20. The van der Waals surface area contributed by atoms with Crippen molar-refractivity contribution >= 4 is 17.5 Å². The number of carbonyl (C=O) groups excluding carboxylic acids is 2. The quantitative estimate of drug-likeness (QED) is 0.229. The lowest BCUT2D eigenvalue weighted by molar-refractivity contribution is -0.150. The highest BCUT2D eigenvalue weighted by molar-refractivity contribution is 6.00. The molecule has 6 heteroatoms. The lowest BCUT2D eigenvalue weighted by Crippen LogP contribution is -2.62. The first-order valence-corrected chi connectivity index (χ1v) is 14.7. The van der Waals surface area contributed by atoms with Crippen molar-refractivity contribution in [2.45, 2.75) is 133 Å². The molecule has 6 nitrogen and oxygen atoms in total. The number of rotatable bonds is 10. The normalized spacial score (nSPS) is 36.4. The first-order chi connectivity index (χ1) is 17.6. The summed E-state index contributed by atoms with van der Waals surface area (Å²) in [6.07, 6.45) is 6.36. The summed E-state index contributed by atoms with van der Waals surface area (Å²) < 4.78 is 6.03. The molecular formula is C33H51NO5. The first kappa shape index (κ1) is 31.5. The summed E-state index contributed by atoms with van der Waals surface area (Å²) >= 11 is 0. The van der Waals surface area contributed by atoms with Crippen LogP contribution in [0.25, 0.3) is 0 Å². The number of carbonyl (C=O) groups is 3. The van der Waals surface area contributed by atoms with Crippen molar-refractivity contribution in [3.8, 4) is 6.07 Å². The minimum absolute atomic E-state index is 0.0658. The highest BCUT2D eigenvalue weighted by atomic mass is 16.6. The van der Waals surface area contributed by atoms with Crippen molar-refractivity contribution in [1.82, 2.24) is 0 Å². The van der Waals surface area contributed by atoms with Crippen LogP contribution in [-0.2, 0) is 19.1 Å². The summed E-state index contributed by atoms with van der Waals surface area (Å²) in [5.74, 6) is -1.05. The molecule has 39 heavy (non-hydrogen) atoms. The number of ketones is 2. The van der Waals surface area contributed by atoms with Crippen molar-refractivity contribution < 1.29 is 24.2 Å². The van der Waals surface area contributed by atoms with Crippen LogP contribution >= 0.6 is 0 Å². The van der Waals surface area contributed by atoms with Crippen LogP contribution in [0.4, 0.5) is 0 Å². The lowest BCUT2D eigenvalue weighted by Gasteiger charge is -2.61. The highest BCUT2D eigenvalue weighted by Gasteiger charge is 2.81. The van der Waals surface area contributed by atoms with Crippen LogP contribution in [-0.4, -0.2) is 34.3 Å². The number of aliphatic carboxylic acids is 1. The monoisotopic (exact) mass is 541 g/mol. The van der Waals surface area contributed by atoms with Gasteiger partial charge in [-0.15, -0.1) is 0 Å². The van der Waals surface area contributed by atoms with Gasteiger partial charge in [0.2, 0.25) is 5.60 Å². The zero-order valence-corrected chi connectivity index (χ0v) is 26.2. The van der Waals surface area contributed by atoms with E-state index in [9.17, 15) is 24.8 Å². The molecule has 0 unspecified atom stereocenters. The van der Waals surface area contributed by atoms with Gasteiger partial charge in [0, 0.05) is 10.8 Å². The van der Waals surface area contributed by atoms with Crippen LogP contribution < -0.4 is 0 Å². The minimum atomic E-state index is -1.46. The van der Waals surface area contributed by atoms with Crippen LogP contribution in [0.2, 0.25) is 0 Å². The zero-order chi connectivity index (χ0) is 30.0. The number of hydrogen-bond acceptors (Lipinski definition) is 5. The molecule has 1 N–H and O–H groups in total. The molecule has 0 radical (unpaired) electrons. The van der Waals surface area contributed by atoms with Crippen molar-refractivity contribution in [3.63, 3.8) is 0 Å². The minimum Gasteiger partial charge on any atom is -0.481 e. The molecule has 0 spiro atoms. The van der Waals surface area contributed by atoms with Crippen LogP contribution in [0.15, 0.2) is 11.6 Å². The van der Waals surface area contributed by atoms with Crippen molar-refractivity contribution in [2.75, 3.05) is 0 Å². The van der Waals surface area contributed by atoms with E-state index in [0.29, 0.717) is 19.3 Å². The number of epoxide rings is 1. The van der Waals surface area contributed by atoms with Gasteiger partial charge in [0.05, 0.1) is 5.41 Å². The standard InChI is InChI=1S/C33H51NO5/c1-12-27(3,4)15-17-30(9,26(37)38)18-16-28(5,6)31(10)14-13-22-29(7,8)24(36)33(20-34)25(39-33)32(22,11)23(31)19-21(2)35/h19,22,25H,12-18H2,1-11H3,(H,37,38)/b23-19+/t22-,25+,30-,31+,32-,33-/m0/s1. The Morgan fingerprint density at radius 1 is 1.08 bits per heavy atom. The van der Waals surface area contributed by atoms with Crippen molar-refractivity contribution in [1.29, 1.82) is 5.26 Å². The Hall–Kier alpha value is -2.00. The number of carboxylic acids is 1. The van der Waals surface area contributed by atoms with Gasteiger partial charge in [-0.05, 0) is 80.6 Å². The Morgan fingerprint density at radius 2 is 1.64 bits per heavy atom. The molecule has 1 heterocycles. The molecule has 2 saturated carbocycles. The van der Waals surface area contributed by atoms with E-state index < -0.39 is 39.3 Å². The van der Waals surface area contributed by atoms with Gasteiger partial charge in [0.15, 0.2) is 11.6 Å². The fourth-order valence-electron chi connectivity index (χ4n) is 7.94. The third-order valence-corrected chi connectivity index (χ3v) is 11.9. The predicted molar refractivity (Wildman–Crippen MR) is 152 cm³/mol. The molecule has 1 saturated heterocycles. The topological polar surface area (TPSA) is 108 Å². The number of hydrogen-bond donors (Lipinski definition) is 1. The van der Waals surface area contributed by atoms with Crippen molar-refractivity contribution in [3.05, 3.63) is 11.6 Å². The van der Waals surface area contributed by atoms with Gasteiger partial charge >= 0.3 is 5.97 Å². The van der Waals surface area contributed by atoms with E-state index in [-0.39, 0.29) is 28.3 Å². The summed E-state index contributed by atoms with van der Waals surface area (Å²) in [5, 5.41) is 20.4. The average molecular weight is 542 g/mol. The maximum atomic E-state index is 13.5. The molecule has 218 valence electrons. The van der Waals surface area contributed by atoms with E-state index in [4.69, 9.17) is 4.74 Å². The SMILES string of the molecule is CCC(C)(C)CC[C@@](C)(CCC(C)(C)[C@]1(C)CC[C@H]2C(C)(C)C(=O)[C@]3(C#N)O[C@@H]3[C@]2(C)/C1=C/C(C)=O)C(=O)O.